The number of nitrogens with zero attached hydrogens (tertiary/aromatic N) is 1. The van der Waals surface area contributed by atoms with Gasteiger partial charge in [-0.25, -0.2) is 4.98 Å². The molecule has 6 nitrogen and oxygen atoms in total. The molecule has 0 aliphatic heterocycles. The van der Waals surface area contributed by atoms with Crippen molar-refractivity contribution in [2.45, 2.75) is 18.5 Å². The molecule has 0 aliphatic rings. The minimum absolute atomic E-state index is 0.0127. The number of carbonyl (C=O) groups is 1. The number of carbonyl (C=O) groups excluding carboxylic acids is 1. The predicted molar refractivity (Wildman–Crippen MR) is 63.3 cm³/mol. The molecule has 7 heteroatoms. The van der Waals surface area contributed by atoms with Crippen molar-refractivity contribution >= 4 is 23.5 Å². The predicted octanol–water partition coefficient (Wildman–Crippen LogP) is -0.0296. The molecule has 1 aromatic rings. The lowest BCUT2D eigenvalue weighted by Crippen LogP contribution is -2.22. The van der Waals surface area contributed by atoms with Gasteiger partial charge in [-0.15, -0.1) is 0 Å². The Bertz CT molecular complexity index is 418. The number of aromatic amines is 1. The molecule has 0 aliphatic carbocycles. The largest absolute Gasteiger partial charge is 0.383 e. The van der Waals surface area contributed by atoms with E-state index in [9.17, 15) is 9.59 Å². The van der Waals surface area contributed by atoms with Crippen LogP contribution < -0.4 is 16.6 Å². The highest BCUT2D eigenvalue weighted by molar-refractivity contribution is 7.99. The third-order valence-electron chi connectivity index (χ3n) is 1.68. The van der Waals surface area contributed by atoms with Gasteiger partial charge in [0.1, 0.15) is 5.82 Å². The minimum atomic E-state index is -0.284. The lowest BCUT2D eigenvalue weighted by Gasteiger charge is -2.02. The number of anilines is 1. The molecule has 4 N–H and O–H groups in total. The average Bonchev–Trinajstić information content (AvgIpc) is 2.16. The Morgan fingerprint density at radius 3 is 3.06 bits per heavy atom. The van der Waals surface area contributed by atoms with Gasteiger partial charge in [0, 0.05) is 24.8 Å². The zero-order valence-corrected chi connectivity index (χ0v) is 9.76. The third-order valence-corrected chi connectivity index (χ3v) is 2.56. The zero-order valence-electron chi connectivity index (χ0n) is 8.95. The maximum absolute atomic E-state index is 11.1. The van der Waals surface area contributed by atoms with Gasteiger partial charge in [-0.2, -0.15) is 0 Å². The smallest absolute Gasteiger partial charge is 0.253 e. The number of hydrogen-bond donors (Lipinski definition) is 3. The van der Waals surface area contributed by atoms with Crippen molar-refractivity contribution in [2.75, 3.05) is 18.0 Å². The van der Waals surface area contributed by atoms with E-state index >= 15 is 0 Å². The van der Waals surface area contributed by atoms with E-state index in [-0.39, 0.29) is 17.3 Å². The molecule has 1 aromatic heterocycles. The molecule has 88 valence electrons. The first-order chi connectivity index (χ1) is 7.61. The van der Waals surface area contributed by atoms with Crippen LogP contribution in [0.5, 0.6) is 0 Å². The summed E-state index contributed by atoms with van der Waals surface area (Å²) >= 11 is 1.30. The topological polar surface area (TPSA) is 101 Å². The highest BCUT2D eigenvalue weighted by Crippen LogP contribution is 2.12. The number of H-pyrrole nitrogens is 1. The summed E-state index contributed by atoms with van der Waals surface area (Å²) in [5, 5.41) is 3.12. The molecule has 1 heterocycles. The van der Waals surface area contributed by atoms with Crippen LogP contribution in [-0.2, 0) is 4.79 Å². The van der Waals surface area contributed by atoms with Crippen LogP contribution in [0.1, 0.15) is 13.3 Å². The van der Waals surface area contributed by atoms with Crippen LogP contribution >= 0.6 is 11.8 Å². The number of amides is 1. The van der Waals surface area contributed by atoms with E-state index < -0.39 is 0 Å². The minimum Gasteiger partial charge on any atom is -0.383 e. The summed E-state index contributed by atoms with van der Waals surface area (Å²) in [7, 11) is 0. The Morgan fingerprint density at radius 2 is 2.44 bits per heavy atom. The van der Waals surface area contributed by atoms with E-state index in [1.165, 1.54) is 17.8 Å². The second-order valence-electron chi connectivity index (χ2n) is 3.03. The van der Waals surface area contributed by atoms with Crippen molar-refractivity contribution in [3.63, 3.8) is 0 Å². The van der Waals surface area contributed by atoms with Gasteiger partial charge in [-0.1, -0.05) is 11.8 Å². The molecule has 1 rings (SSSR count). The number of aromatic nitrogens is 2. The number of nitrogens with one attached hydrogen (secondary N) is 2. The van der Waals surface area contributed by atoms with Gasteiger partial charge in [0.25, 0.3) is 5.56 Å². The Kier molecular flexibility index (Phi) is 4.84. The normalized spacial score (nSPS) is 10.1. The van der Waals surface area contributed by atoms with E-state index in [1.807, 2.05) is 6.92 Å². The summed E-state index contributed by atoms with van der Waals surface area (Å²) in [4.78, 5) is 28.6. The highest BCUT2D eigenvalue weighted by Gasteiger charge is 2.02. The Labute approximate surface area is 97.0 Å². The fourth-order valence-electron chi connectivity index (χ4n) is 1.05. The first-order valence-corrected chi connectivity index (χ1v) is 5.86. The van der Waals surface area contributed by atoms with Gasteiger partial charge in [-0.05, 0) is 6.92 Å². The Morgan fingerprint density at radius 1 is 1.69 bits per heavy atom. The van der Waals surface area contributed by atoms with Crippen LogP contribution in [0.4, 0.5) is 5.82 Å². The fraction of sp³-hybridized carbons (Fsp3) is 0.444. The molecule has 0 unspecified atom stereocenters. The number of hydrogen-bond acceptors (Lipinski definition) is 5. The van der Waals surface area contributed by atoms with Gasteiger partial charge in [0.15, 0.2) is 5.16 Å². The lowest BCUT2D eigenvalue weighted by molar-refractivity contribution is -0.120. The SMILES string of the molecule is CCNC(=O)CCSc1nc(N)cc(=O)[nH]1. The van der Waals surface area contributed by atoms with Crippen molar-refractivity contribution in [2.24, 2.45) is 0 Å². The van der Waals surface area contributed by atoms with Crippen LogP contribution in [0.2, 0.25) is 0 Å². The van der Waals surface area contributed by atoms with Crippen LogP contribution in [0.15, 0.2) is 16.0 Å². The van der Waals surface area contributed by atoms with Crippen molar-refractivity contribution in [3.05, 3.63) is 16.4 Å². The quantitative estimate of drug-likeness (QED) is 0.497. The molecule has 0 saturated carbocycles. The number of nitrogens with two attached hydrogens (primary N) is 1. The van der Waals surface area contributed by atoms with Gasteiger partial charge >= 0.3 is 0 Å². The van der Waals surface area contributed by atoms with Gasteiger partial charge in [0.05, 0.1) is 0 Å². The maximum Gasteiger partial charge on any atom is 0.253 e. The van der Waals surface area contributed by atoms with Crippen molar-refractivity contribution in [1.82, 2.24) is 15.3 Å². The maximum atomic E-state index is 11.1. The summed E-state index contributed by atoms with van der Waals surface area (Å²) in [5.74, 6) is 0.726. The van der Waals surface area contributed by atoms with E-state index in [0.29, 0.717) is 23.9 Å². The van der Waals surface area contributed by atoms with E-state index in [1.54, 1.807) is 0 Å². The molecular weight excluding hydrogens is 228 g/mol. The summed E-state index contributed by atoms with van der Waals surface area (Å²) in [6.07, 6.45) is 0.386. The second-order valence-corrected chi connectivity index (χ2v) is 4.11. The molecule has 0 aromatic carbocycles. The molecule has 0 saturated heterocycles. The summed E-state index contributed by atoms with van der Waals surface area (Å²) in [5.41, 5.74) is 5.13. The van der Waals surface area contributed by atoms with Gasteiger partial charge in [-0.3, -0.25) is 9.59 Å². The monoisotopic (exact) mass is 242 g/mol. The number of thioether (sulfide) groups is 1. The Hall–Kier alpha value is -1.50. The summed E-state index contributed by atoms with van der Waals surface area (Å²) < 4.78 is 0. The van der Waals surface area contributed by atoms with Crippen LogP contribution in [0, 0.1) is 0 Å². The number of nitrogen functional groups attached to an aromatic ring is 1. The summed E-state index contributed by atoms with van der Waals surface area (Å²) in [6, 6.07) is 1.22. The van der Waals surface area contributed by atoms with Crippen LogP contribution in [0.25, 0.3) is 0 Å². The van der Waals surface area contributed by atoms with Crippen LogP contribution in [-0.4, -0.2) is 28.2 Å². The molecule has 1 amide bonds. The van der Waals surface area contributed by atoms with E-state index in [4.69, 9.17) is 5.73 Å². The molecule has 0 radical (unpaired) electrons. The standard InChI is InChI=1S/C9H14N4O2S/c1-2-11-7(14)3-4-16-9-12-6(10)5-8(15)13-9/h5H,2-4H2,1H3,(H,11,14)(H3,10,12,13,15). The lowest BCUT2D eigenvalue weighted by atomic mass is 10.4. The Balaban J connectivity index is 2.43. The molecular formula is C9H14N4O2S. The van der Waals surface area contributed by atoms with Gasteiger partial charge < -0.3 is 16.0 Å². The van der Waals surface area contributed by atoms with Crippen molar-refractivity contribution < 1.29 is 4.79 Å². The van der Waals surface area contributed by atoms with Crippen LogP contribution in [0.3, 0.4) is 0 Å². The van der Waals surface area contributed by atoms with Crippen molar-refractivity contribution in [3.8, 4) is 0 Å². The summed E-state index contributed by atoms with van der Waals surface area (Å²) in [6.45, 7) is 2.48. The third kappa shape index (κ3) is 4.35. The average molecular weight is 242 g/mol. The number of rotatable bonds is 5. The molecule has 16 heavy (non-hydrogen) atoms. The highest BCUT2D eigenvalue weighted by atomic mass is 32.2. The van der Waals surface area contributed by atoms with E-state index in [2.05, 4.69) is 15.3 Å². The first kappa shape index (κ1) is 12.6. The molecule has 0 fully saturated rings. The zero-order chi connectivity index (χ0) is 12.0. The first-order valence-electron chi connectivity index (χ1n) is 4.88. The van der Waals surface area contributed by atoms with Crippen molar-refractivity contribution in [1.29, 1.82) is 0 Å². The molecule has 0 atom stereocenters. The molecule has 0 bridgehead atoms. The molecule has 0 spiro atoms. The van der Waals surface area contributed by atoms with Gasteiger partial charge in [0.2, 0.25) is 5.91 Å². The second kappa shape index (κ2) is 6.16. The fourth-order valence-corrected chi connectivity index (χ4v) is 1.87. The van der Waals surface area contributed by atoms with E-state index in [0.717, 1.165) is 0 Å².